The molecule has 36 rings (SSSR count). The molecule has 12 heterocycles. The van der Waals surface area contributed by atoms with Crippen molar-refractivity contribution >= 4 is 68.4 Å². The second kappa shape index (κ2) is 28.5. The molecule has 0 amide bonds. The van der Waals surface area contributed by atoms with Crippen molar-refractivity contribution in [1.82, 2.24) is 19.9 Å². The zero-order valence-corrected chi connectivity index (χ0v) is 77.2. The molecule has 0 bridgehead atoms. The van der Waals surface area contributed by atoms with Crippen LogP contribution in [-0.2, 0) is 103 Å². The third kappa shape index (κ3) is 10.6. The largest absolute Gasteiger partial charge is 0.309 e. The fourth-order valence-electron chi connectivity index (χ4n) is 28.7. The van der Waals surface area contributed by atoms with Gasteiger partial charge < -0.3 is 14.7 Å². The zero-order chi connectivity index (χ0) is 90.7. The average Bonchev–Trinajstić information content (AvgIpc) is 1.44. The van der Waals surface area contributed by atoms with Gasteiger partial charge in [-0.2, -0.15) is 0 Å². The number of nitrogens with zero attached hydrogens (tertiary/aromatic N) is 8. The van der Waals surface area contributed by atoms with Crippen molar-refractivity contribution in [2.75, 3.05) is 19.6 Å². The van der Waals surface area contributed by atoms with E-state index in [2.05, 4.69) is 345 Å². The van der Waals surface area contributed by atoms with Gasteiger partial charge in [0.25, 0.3) is 0 Å². The van der Waals surface area contributed by atoms with E-state index in [1.54, 1.807) is 0 Å². The molecular formula is C132H88N8. The molecule has 4 aromatic heterocycles. The van der Waals surface area contributed by atoms with Crippen LogP contribution in [-0.4, -0.2) is 19.9 Å². The van der Waals surface area contributed by atoms with Crippen molar-refractivity contribution in [3.63, 3.8) is 0 Å². The van der Waals surface area contributed by atoms with Gasteiger partial charge >= 0.3 is 0 Å². The van der Waals surface area contributed by atoms with Crippen molar-refractivity contribution in [3.05, 3.63) is 519 Å². The van der Waals surface area contributed by atoms with Crippen molar-refractivity contribution in [2.24, 2.45) is 0 Å². The maximum absolute atomic E-state index is 4.94. The maximum atomic E-state index is 4.94. The van der Waals surface area contributed by atoms with Crippen molar-refractivity contribution in [3.8, 4) is 89.0 Å². The number of benzene rings is 16. The topological polar surface area (TPSA) is 64.5 Å². The molecule has 0 radical (unpaired) electrons. The van der Waals surface area contributed by atoms with Gasteiger partial charge in [-0.15, -0.1) is 0 Å². The number of anilines is 12. The molecular weight excluding hydrogens is 1700 g/mol. The summed E-state index contributed by atoms with van der Waals surface area (Å²) in [4.78, 5) is 29.1. The SMILES string of the molecule is c1ccc2c(c1)Cc1c-2ccc2c1Cc1cc3c(c4c1N2c1cccnc1C4)Cc1ccccc1-3.c1ccc2c(c1)Cc1c-2ccc2c1Cc1cc3c(c4c1N2c1ccncc1C4)Cc1ccccc1-3.c1ccc2c(c1)Cc1c-2ccc2c1Cc1cc3c(c4c1N2c1cnccc1C4)Cc1ccccc1-3.c1ccc2c(c1)Cc1c-2ccc2c1Cc1cc3c(c4c1N2c1ncccc1C4)Cc1ccccc1-3. The Labute approximate surface area is 812 Å². The van der Waals surface area contributed by atoms with E-state index in [9.17, 15) is 0 Å². The molecule has 0 saturated heterocycles. The Morgan fingerprint density at radius 2 is 0.429 bits per heavy atom. The van der Waals surface area contributed by atoms with E-state index in [1.165, 1.54) is 330 Å². The molecule has 0 N–H and O–H groups in total. The van der Waals surface area contributed by atoms with Gasteiger partial charge in [0, 0.05) is 82.4 Å². The highest BCUT2D eigenvalue weighted by molar-refractivity contribution is 6.03. The van der Waals surface area contributed by atoms with Crippen LogP contribution in [0.1, 0.15) is 178 Å². The first-order valence-electron chi connectivity index (χ1n) is 50.3. The third-order valence-corrected chi connectivity index (χ3v) is 34.6. The zero-order valence-electron chi connectivity index (χ0n) is 77.2. The Kier molecular flexibility index (Phi) is 15.6. The Morgan fingerprint density at radius 1 is 0.150 bits per heavy atom. The quantitative estimate of drug-likeness (QED) is 0.149. The molecule has 656 valence electrons. The Morgan fingerprint density at radius 3 is 0.829 bits per heavy atom. The van der Waals surface area contributed by atoms with Gasteiger partial charge in [0.15, 0.2) is 0 Å². The van der Waals surface area contributed by atoms with Crippen LogP contribution in [0, 0.1) is 0 Å². The molecule has 8 nitrogen and oxygen atoms in total. The summed E-state index contributed by atoms with van der Waals surface area (Å²) in [6.45, 7) is 0. The van der Waals surface area contributed by atoms with Crippen LogP contribution in [0.5, 0.6) is 0 Å². The molecule has 0 spiro atoms. The molecule has 8 heteroatoms. The first kappa shape index (κ1) is 76.5. The van der Waals surface area contributed by atoms with Crippen LogP contribution in [0.15, 0.2) is 340 Å². The molecule has 140 heavy (non-hydrogen) atoms. The lowest BCUT2D eigenvalue weighted by Crippen LogP contribution is -2.27. The molecule has 16 aromatic carbocycles. The van der Waals surface area contributed by atoms with E-state index in [1.807, 2.05) is 24.8 Å². The second-order valence-electron chi connectivity index (χ2n) is 41.3. The highest BCUT2D eigenvalue weighted by Crippen LogP contribution is 2.64. The molecule has 0 atom stereocenters. The summed E-state index contributed by atoms with van der Waals surface area (Å²) < 4.78 is 0. The lowest BCUT2D eigenvalue weighted by molar-refractivity contribution is 0.950. The van der Waals surface area contributed by atoms with Gasteiger partial charge in [-0.05, 0) is 392 Å². The fraction of sp³-hybridized carbons (Fsp3) is 0.121. The van der Waals surface area contributed by atoms with Crippen LogP contribution >= 0.6 is 0 Å². The van der Waals surface area contributed by atoms with E-state index in [4.69, 9.17) is 9.97 Å². The predicted molar refractivity (Wildman–Crippen MR) is 564 cm³/mol. The molecule has 0 fully saturated rings. The smallest absolute Gasteiger partial charge is 0.141 e. The predicted octanol–water partition coefficient (Wildman–Crippen LogP) is 30.0. The highest BCUT2D eigenvalue weighted by atomic mass is 15.2. The summed E-state index contributed by atoms with van der Waals surface area (Å²) >= 11 is 0. The molecule has 8 aliphatic carbocycles. The van der Waals surface area contributed by atoms with Gasteiger partial charge in [0.05, 0.1) is 74.5 Å². The summed E-state index contributed by atoms with van der Waals surface area (Å²) in [6, 6.07) is 114. The number of aromatic nitrogens is 4. The summed E-state index contributed by atoms with van der Waals surface area (Å²) in [5, 5.41) is 0. The Balaban J connectivity index is 0.0000000829. The Bertz CT molecular complexity index is 8090. The van der Waals surface area contributed by atoms with Crippen LogP contribution in [0.25, 0.3) is 89.0 Å². The number of pyridine rings is 4. The second-order valence-corrected chi connectivity index (χ2v) is 41.3. The minimum absolute atomic E-state index is 0.915. The van der Waals surface area contributed by atoms with Crippen molar-refractivity contribution in [1.29, 1.82) is 0 Å². The van der Waals surface area contributed by atoms with Crippen molar-refractivity contribution < 1.29 is 0 Å². The minimum atomic E-state index is 0.915. The van der Waals surface area contributed by atoms with Crippen LogP contribution in [0.4, 0.5) is 68.4 Å². The van der Waals surface area contributed by atoms with E-state index >= 15 is 0 Å². The third-order valence-electron chi connectivity index (χ3n) is 34.6. The normalized spacial score (nSPS) is 14.9. The molecule has 0 unspecified atom stereocenters. The summed E-state index contributed by atoms with van der Waals surface area (Å²) in [6.07, 6.45) is 28.0. The standard InChI is InChI=1S/4C33H22N2/c1-3-9-23-19(6-1)14-27-25(23)11-12-31-29(27)18-22-17-26-24-10-4-2-7-20(24)15-28(26)30-16-21-8-5-13-34-33(21)35(31)32(22)30;1-3-8-22-19(6-1)14-26-24(22)11-12-31-28(26)17-21-16-25-23-9-4-2-7-20(23)15-27(25)29-18-30-32(10-5-13-34-30)35(31)33(21)29;1-3-7-23-19(5-1)13-27-25(23)9-10-32-29(27)16-21-15-26-24-8-4-2-6-20(24)14-28(26)30-17-22-18-34-12-11-31(22)35(32)33(21)30;1-3-7-23-19(5-1)13-27-25(23)9-10-31-29(27)17-22-16-26-24-8-4-2-6-20(24)14-28(26)30-15-21-11-12-34-18-32(21)35(31)33(22)30/h1-13,17H,14-16,18H2;1-13,16H,14-15,17-18H2;1-12,15,18H,13-14,16-17H2;1-12,16,18H,13-15,17H2. The van der Waals surface area contributed by atoms with E-state index in [0.29, 0.717) is 0 Å². The number of hydrogen-bond donors (Lipinski definition) is 0. The van der Waals surface area contributed by atoms with E-state index in [-0.39, 0.29) is 0 Å². The van der Waals surface area contributed by atoms with Crippen LogP contribution < -0.4 is 19.6 Å². The molecule has 16 aliphatic rings. The monoisotopic (exact) mass is 1780 g/mol. The number of fused-ring (bicyclic) bond motifs is 48. The summed E-state index contributed by atoms with van der Waals surface area (Å²) in [5.41, 5.74) is 84.2. The number of rotatable bonds is 0. The molecule has 0 saturated carbocycles. The van der Waals surface area contributed by atoms with E-state index < -0.39 is 0 Å². The number of hydrogen-bond acceptors (Lipinski definition) is 8. The first-order chi connectivity index (χ1) is 69.4. The highest BCUT2D eigenvalue weighted by Gasteiger charge is 2.46. The van der Waals surface area contributed by atoms with Crippen LogP contribution in [0.3, 0.4) is 0 Å². The summed E-state index contributed by atoms with van der Waals surface area (Å²) in [7, 11) is 0. The summed E-state index contributed by atoms with van der Waals surface area (Å²) in [5.74, 6) is 1.10. The van der Waals surface area contributed by atoms with Gasteiger partial charge in [-0.1, -0.05) is 224 Å². The van der Waals surface area contributed by atoms with Crippen molar-refractivity contribution in [2.45, 2.75) is 103 Å². The first-order valence-corrected chi connectivity index (χ1v) is 50.3. The average molecular weight is 1790 g/mol. The van der Waals surface area contributed by atoms with Gasteiger partial charge in [-0.3, -0.25) is 19.9 Å². The van der Waals surface area contributed by atoms with E-state index in [0.717, 1.165) is 109 Å². The molecule has 20 aromatic rings. The van der Waals surface area contributed by atoms with Gasteiger partial charge in [0.2, 0.25) is 0 Å². The lowest BCUT2D eigenvalue weighted by Gasteiger charge is -2.41. The fourth-order valence-corrected chi connectivity index (χ4v) is 28.7. The Hall–Kier alpha value is -16.7. The maximum Gasteiger partial charge on any atom is 0.141 e. The van der Waals surface area contributed by atoms with Gasteiger partial charge in [-0.25, -0.2) is 4.98 Å². The lowest BCUT2D eigenvalue weighted by atomic mass is 9.81. The minimum Gasteiger partial charge on any atom is -0.309 e. The van der Waals surface area contributed by atoms with Crippen LogP contribution in [0.2, 0.25) is 0 Å². The van der Waals surface area contributed by atoms with Gasteiger partial charge in [0.1, 0.15) is 5.82 Å². The molecule has 8 aliphatic heterocycles.